The number of halogens is 3. The average molecular weight is 700 g/mol. The maximum absolute atomic E-state index is 12.7. The summed E-state index contributed by atoms with van der Waals surface area (Å²) in [5.74, 6) is 1.30. The van der Waals surface area contributed by atoms with E-state index in [1.807, 2.05) is 12.1 Å². The lowest BCUT2D eigenvalue weighted by Gasteiger charge is -2.30. The number of aromatic hydroxyl groups is 1. The number of aromatic nitrogens is 3. The first kappa shape index (κ1) is 39.0. The summed E-state index contributed by atoms with van der Waals surface area (Å²) in [6.07, 6.45) is 7.03. The minimum Gasteiger partial charge on any atom is -0.507 e. The fourth-order valence-corrected chi connectivity index (χ4v) is 5.23. The summed E-state index contributed by atoms with van der Waals surface area (Å²) in [5, 5.41) is 16.5. The van der Waals surface area contributed by atoms with E-state index in [1.54, 1.807) is 12.1 Å². The van der Waals surface area contributed by atoms with Crippen molar-refractivity contribution in [3.63, 3.8) is 0 Å². The molecule has 2 fully saturated rings. The molecule has 3 heterocycles. The Hall–Kier alpha value is -2.98. The van der Waals surface area contributed by atoms with Crippen molar-refractivity contribution in [3.05, 3.63) is 51.5 Å². The van der Waals surface area contributed by atoms with Crippen LogP contribution in [-0.4, -0.2) is 52.1 Å². The molecule has 2 aliphatic rings. The first-order valence-corrected chi connectivity index (χ1v) is 13.8. The number of anilines is 5. The van der Waals surface area contributed by atoms with E-state index >= 15 is 0 Å². The second-order valence-electron chi connectivity index (χ2n) is 9.29. The van der Waals surface area contributed by atoms with Gasteiger partial charge in [-0.1, -0.05) is 11.6 Å². The lowest BCUT2D eigenvalue weighted by molar-refractivity contribution is 0.102. The molecule has 1 amide bonds. The number of nitrogens with zero attached hydrogens (tertiary/aromatic N) is 5. The number of piperidine rings is 2. The first-order valence-electron chi connectivity index (χ1n) is 12.6. The normalized spacial score (nSPS) is 14.0. The zero-order valence-electron chi connectivity index (χ0n) is 23.6. The first-order chi connectivity index (χ1) is 18.0. The number of rotatable bonds is 6. The van der Waals surface area contributed by atoms with Crippen LogP contribution in [0.4, 0.5) is 29.2 Å². The monoisotopic (exact) mass is 697 g/mol. The van der Waals surface area contributed by atoms with Crippen molar-refractivity contribution in [2.75, 3.05) is 46.6 Å². The van der Waals surface area contributed by atoms with E-state index in [4.69, 9.17) is 26.6 Å². The Morgan fingerprint density at radius 1 is 0.833 bits per heavy atom. The van der Waals surface area contributed by atoms with Crippen molar-refractivity contribution >= 4 is 75.1 Å². The van der Waals surface area contributed by atoms with Crippen molar-refractivity contribution in [2.45, 2.75) is 38.5 Å². The summed E-state index contributed by atoms with van der Waals surface area (Å²) in [5.41, 5.74) is 1.46. The summed E-state index contributed by atoms with van der Waals surface area (Å²) in [6.45, 7) is 3.80. The zero-order chi connectivity index (χ0) is 25.8. The third-order valence-electron chi connectivity index (χ3n) is 6.57. The predicted molar refractivity (Wildman–Crippen MR) is 186 cm³/mol. The Bertz CT molecular complexity index is 1280. The standard InChI is InChI=1S/C26H29BrClN7O2.ClH.4H3N.4H2/c27-20-16-18(8-10-21(20)30-23(37)19-9-7-17(28)15-22(19)36)29-24-31-25(34-11-3-1-4-12-34)33-26(32-24)35-13-5-2-6-14-35;;;;;;;;;/h7-10,15-16,36H,1-6,11-14H2,(H,30,37)(H,29,31,32,33);1H;4*1H3;4*1H. The molecule has 0 spiro atoms. The number of hydrogen-bond donors (Lipinski definition) is 7. The van der Waals surface area contributed by atoms with E-state index in [-0.39, 0.29) is 54.0 Å². The summed E-state index contributed by atoms with van der Waals surface area (Å²) in [6, 6.07) is 9.84. The maximum atomic E-state index is 12.7. The van der Waals surface area contributed by atoms with Crippen LogP contribution in [0.2, 0.25) is 5.02 Å². The molecule has 0 unspecified atom stereocenters. The van der Waals surface area contributed by atoms with Crippen LogP contribution in [-0.2, 0) is 0 Å². The summed E-state index contributed by atoms with van der Waals surface area (Å²) < 4.78 is 0.667. The fourth-order valence-electron chi connectivity index (χ4n) is 4.59. The van der Waals surface area contributed by atoms with Gasteiger partial charge in [0.2, 0.25) is 17.8 Å². The Balaban J connectivity index is -0.000000623. The molecule has 0 bridgehead atoms. The van der Waals surface area contributed by atoms with Gasteiger partial charge in [0, 0.05) is 47.1 Å². The molecule has 0 atom stereocenters. The number of phenolic OH excluding ortho intramolecular Hbond substituents is 1. The van der Waals surface area contributed by atoms with Gasteiger partial charge < -0.3 is 50.1 Å². The largest absolute Gasteiger partial charge is 0.507 e. The third-order valence-corrected chi connectivity index (χ3v) is 7.46. The number of carbonyl (C=O) groups is 1. The van der Waals surface area contributed by atoms with Gasteiger partial charge in [0.15, 0.2) is 0 Å². The highest BCUT2D eigenvalue weighted by Crippen LogP contribution is 2.30. The van der Waals surface area contributed by atoms with E-state index in [2.05, 4.69) is 36.4 Å². The molecule has 5 rings (SSSR count). The molecule has 2 saturated heterocycles. The Labute approximate surface area is 272 Å². The maximum Gasteiger partial charge on any atom is 0.259 e. The molecular weight excluding hydrogens is 649 g/mol. The lowest BCUT2D eigenvalue weighted by atomic mass is 10.1. The quantitative estimate of drug-likeness (QED) is 0.129. The molecular formula is C26H50BrCl2N11O2. The van der Waals surface area contributed by atoms with Gasteiger partial charge in [-0.15, -0.1) is 12.4 Å². The number of phenols is 1. The number of benzene rings is 2. The van der Waals surface area contributed by atoms with Gasteiger partial charge in [0.1, 0.15) is 5.75 Å². The van der Waals surface area contributed by atoms with Gasteiger partial charge in [0.25, 0.3) is 5.91 Å². The molecule has 2 aromatic carbocycles. The SMILES string of the molecule is Cl.N.N.N.N.O=C(Nc1ccc(Nc2nc(N3CCCCC3)nc(N3CCCCC3)n2)cc1Br)c1ccc(Cl)cc1O.[HH].[HH].[HH].[HH]. The second-order valence-corrected chi connectivity index (χ2v) is 10.6. The molecule has 0 saturated carbocycles. The molecule has 242 valence electrons. The molecule has 13 nitrogen and oxygen atoms in total. The molecule has 1 aromatic heterocycles. The second kappa shape index (κ2) is 17.9. The molecule has 0 radical (unpaired) electrons. The molecule has 16 heteroatoms. The van der Waals surface area contributed by atoms with Crippen molar-refractivity contribution in [3.8, 4) is 5.75 Å². The van der Waals surface area contributed by atoms with Crippen LogP contribution in [0, 0.1) is 0 Å². The summed E-state index contributed by atoms with van der Waals surface area (Å²) in [7, 11) is 0. The highest BCUT2D eigenvalue weighted by atomic mass is 79.9. The minimum absolute atomic E-state index is 0. The Kier molecular flexibility index (Phi) is 16.6. The van der Waals surface area contributed by atoms with E-state index in [1.165, 1.54) is 25.0 Å². The molecule has 2 aliphatic heterocycles. The number of carbonyl (C=O) groups excluding carboxylic acids is 1. The highest BCUT2D eigenvalue weighted by Gasteiger charge is 2.21. The van der Waals surface area contributed by atoms with Crippen molar-refractivity contribution in [1.29, 1.82) is 0 Å². The van der Waals surface area contributed by atoms with Gasteiger partial charge in [-0.25, -0.2) is 0 Å². The lowest BCUT2D eigenvalue weighted by Crippen LogP contribution is -2.34. The Morgan fingerprint density at radius 2 is 1.38 bits per heavy atom. The minimum atomic E-state index is -0.439. The average Bonchev–Trinajstić information content (AvgIpc) is 2.91. The number of amides is 1. The summed E-state index contributed by atoms with van der Waals surface area (Å²) in [4.78, 5) is 31.5. The summed E-state index contributed by atoms with van der Waals surface area (Å²) >= 11 is 9.41. The van der Waals surface area contributed by atoms with Crippen molar-refractivity contribution < 1.29 is 15.6 Å². The zero-order valence-corrected chi connectivity index (χ0v) is 26.8. The van der Waals surface area contributed by atoms with Gasteiger partial charge in [-0.05, 0) is 90.9 Å². The van der Waals surface area contributed by atoms with Crippen LogP contribution in [0.1, 0.15) is 54.6 Å². The third kappa shape index (κ3) is 9.52. The van der Waals surface area contributed by atoms with Crippen molar-refractivity contribution in [1.82, 2.24) is 39.6 Å². The van der Waals surface area contributed by atoms with E-state index in [9.17, 15) is 9.90 Å². The van der Waals surface area contributed by atoms with Crippen LogP contribution in [0.15, 0.2) is 40.9 Å². The number of nitrogens with one attached hydrogen (secondary N) is 2. The van der Waals surface area contributed by atoms with Gasteiger partial charge in [-0.2, -0.15) is 15.0 Å². The van der Waals surface area contributed by atoms with E-state index in [0.29, 0.717) is 33.0 Å². The Morgan fingerprint density at radius 3 is 1.88 bits per heavy atom. The van der Waals surface area contributed by atoms with Crippen LogP contribution in [0.5, 0.6) is 5.75 Å². The van der Waals surface area contributed by atoms with Gasteiger partial charge in [-0.3, -0.25) is 4.79 Å². The molecule has 42 heavy (non-hydrogen) atoms. The van der Waals surface area contributed by atoms with Crippen LogP contribution in [0.25, 0.3) is 0 Å². The predicted octanol–water partition coefficient (Wildman–Crippen LogP) is 8.02. The van der Waals surface area contributed by atoms with Crippen LogP contribution >= 0.6 is 39.9 Å². The van der Waals surface area contributed by atoms with Crippen LogP contribution < -0.4 is 45.0 Å². The number of hydrogen-bond acceptors (Lipinski definition) is 12. The highest BCUT2D eigenvalue weighted by molar-refractivity contribution is 9.10. The fraction of sp³-hybridized carbons (Fsp3) is 0.385. The van der Waals surface area contributed by atoms with E-state index < -0.39 is 5.91 Å². The molecule has 0 aliphatic carbocycles. The van der Waals surface area contributed by atoms with Gasteiger partial charge >= 0.3 is 0 Å². The molecule has 3 aromatic rings. The van der Waals surface area contributed by atoms with Crippen molar-refractivity contribution in [2.24, 2.45) is 0 Å². The smallest absolute Gasteiger partial charge is 0.259 e. The topological polar surface area (TPSA) is 247 Å². The molecule has 15 N–H and O–H groups in total. The van der Waals surface area contributed by atoms with E-state index in [0.717, 1.165) is 57.5 Å². The van der Waals surface area contributed by atoms with Gasteiger partial charge in [0.05, 0.1) is 11.3 Å². The van der Waals surface area contributed by atoms with Crippen LogP contribution in [0.3, 0.4) is 0 Å².